The molecule has 0 aromatic rings. The Morgan fingerprint density at radius 1 is 0.476 bits per heavy atom. The number of hydrogen-bond donors (Lipinski definition) is 7. The van der Waals surface area contributed by atoms with E-state index in [1.807, 2.05) is 0 Å². The second-order valence-electron chi connectivity index (χ2n) is 19.5. The summed E-state index contributed by atoms with van der Waals surface area (Å²) in [5.41, 5.74) is 0. The third-order valence-corrected chi connectivity index (χ3v) is 13.6. The fourth-order valence-corrected chi connectivity index (χ4v) is 9.11. The molecule has 10 heteroatoms. The molecule has 376 valence electrons. The van der Waals surface area contributed by atoms with Crippen LogP contribution in [0.4, 0.5) is 0 Å². The van der Waals surface area contributed by atoms with E-state index >= 15 is 0 Å². The van der Waals surface area contributed by atoms with Crippen molar-refractivity contribution in [2.75, 3.05) is 13.2 Å². The van der Waals surface area contributed by atoms with E-state index in [-0.39, 0.29) is 6.61 Å². The second-order valence-corrected chi connectivity index (χ2v) is 19.5. The first kappa shape index (κ1) is 60.2. The third kappa shape index (κ3) is 33.3. The largest absolute Gasteiger partial charge is 0.394 e. The quantitative estimate of drug-likeness (QED) is 0.0294. The van der Waals surface area contributed by atoms with Crippen molar-refractivity contribution in [2.24, 2.45) is 0 Å². The Balaban J connectivity index is 2.23. The first-order valence-electron chi connectivity index (χ1n) is 27.3. The van der Waals surface area contributed by atoms with Gasteiger partial charge in [-0.15, -0.1) is 0 Å². The van der Waals surface area contributed by atoms with Crippen LogP contribution in [0.25, 0.3) is 0 Å². The average Bonchev–Trinajstić information content (AvgIpc) is 3.28. The van der Waals surface area contributed by atoms with Crippen molar-refractivity contribution >= 4 is 5.91 Å². The second kappa shape index (κ2) is 43.7. The molecule has 1 aliphatic heterocycles. The van der Waals surface area contributed by atoms with Crippen LogP contribution in [0, 0.1) is 0 Å². The van der Waals surface area contributed by atoms with Crippen LogP contribution in [0.3, 0.4) is 0 Å². The van der Waals surface area contributed by atoms with Gasteiger partial charge >= 0.3 is 0 Å². The smallest absolute Gasteiger partial charge is 0.249 e. The maximum atomic E-state index is 13.1. The Bertz CT molecular complexity index is 973. The number of hydrogen-bond acceptors (Lipinski definition) is 9. The standard InChI is InChI=1S/C53H105NO9/c1-3-5-7-9-11-13-15-17-19-20-21-22-23-24-25-26-27-28-30-32-34-36-38-40-42-47(57)52(61)54-45(44-62-53-51(60)50(59)49(58)48(43-55)63-53)46(56)41-39-37-35-33-31-29-18-16-14-12-10-8-6-4-2/h45-51,53,55-60H,3-44H2,1-2H3,(H,54,61). The normalized spacial score (nSPS) is 20.5. The number of amides is 1. The van der Waals surface area contributed by atoms with Crippen LogP contribution >= 0.6 is 0 Å². The Morgan fingerprint density at radius 2 is 0.794 bits per heavy atom. The van der Waals surface area contributed by atoms with Crippen molar-refractivity contribution in [1.29, 1.82) is 0 Å². The number of aliphatic hydroxyl groups excluding tert-OH is 6. The number of rotatable bonds is 47. The van der Waals surface area contributed by atoms with Crippen LogP contribution in [0.2, 0.25) is 0 Å². The Labute approximate surface area is 387 Å². The van der Waals surface area contributed by atoms with E-state index < -0.39 is 61.5 Å². The van der Waals surface area contributed by atoms with Gasteiger partial charge in [-0.3, -0.25) is 4.79 Å². The van der Waals surface area contributed by atoms with Crippen molar-refractivity contribution in [3.63, 3.8) is 0 Å². The molecule has 0 spiro atoms. The molecule has 7 N–H and O–H groups in total. The predicted octanol–water partition coefficient (Wildman–Crippen LogP) is 11.7. The highest BCUT2D eigenvalue weighted by atomic mass is 16.7. The number of carbonyl (C=O) groups is 1. The van der Waals surface area contributed by atoms with E-state index in [0.717, 1.165) is 38.5 Å². The molecule has 1 aliphatic rings. The van der Waals surface area contributed by atoms with Crippen LogP contribution in [-0.2, 0) is 14.3 Å². The lowest BCUT2D eigenvalue weighted by atomic mass is 9.99. The first-order valence-corrected chi connectivity index (χ1v) is 27.3. The van der Waals surface area contributed by atoms with Gasteiger partial charge in [-0.1, -0.05) is 258 Å². The summed E-state index contributed by atoms with van der Waals surface area (Å²) in [6, 6.07) is -0.888. The lowest BCUT2D eigenvalue weighted by Gasteiger charge is -2.40. The predicted molar refractivity (Wildman–Crippen MR) is 260 cm³/mol. The Kier molecular flexibility index (Phi) is 41.7. The van der Waals surface area contributed by atoms with E-state index in [9.17, 15) is 35.4 Å². The summed E-state index contributed by atoms with van der Waals surface area (Å²) in [7, 11) is 0. The van der Waals surface area contributed by atoms with Gasteiger partial charge in [0.25, 0.3) is 0 Å². The SMILES string of the molecule is CCCCCCCCCCCCCCCCCCCCCCCCCCC(O)C(=O)NC(COC1OC(CO)C(O)C(O)C1O)C(O)CCCCCCCCCCCCCCCC. The topological polar surface area (TPSA) is 169 Å². The monoisotopic (exact) mass is 900 g/mol. The van der Waals surface area contributed by atoms with Gasteiger partial charge in [0.15, 0.2) is 6.29 Å². The zero-order valence-corrected chi connectivity index (χ0v) is 41.2. The molecule has 1 amide bonds. The number of unbranched alkanes of at least 4 members (excludes halogenated alkanes) is 36. The minimum Gasteiger partial charge on any atom is -0.394 e. The van der Waals surface area contributed by atoms with Gasteiger partial charge < -0.3 is 45.4 Å². The molecule has 8 unspecified atom stereocenters. The number of carbonyl (C=O) groups excluding carboxylic acids is 1. The summed E-state index contributed by atoms with van der Waals surface area (Å²) >= 11 is 0. The molecule has 0 aromatic heterocycles. The molecular formula is C53H105NO9. The molecule has 0 radical (unpaired) electrons. The molecule has 0 bridgehead atoms. The lowest BCUT2D eigenvalue weighted by molar-refractivity contribution is -0.302. The molecule has 1 fully saturated rings. The highest BCUT2D eigenvalue weighted by molar-refractivity contribution is 5.80. The first-order chi connectivity index (χ1) is 30.8. The van der Waals surface area contributed by atoms with Crippen molar-refractivity contribution in [3.8, 4) is 0 Å². The van der Waals surface area contributed by atoms with Gasteiger partial charge in [0, 0.05) is 0 Å². The zero-order valence-electron chi connectivity index (χ0n) is 41.2. The van der Waals surface area contributed by atoms with Crippen LogP contribution in [-0.4, -0.2) is 98.7 Å². The van der Waals surface area contributed by atoms with Crippen molar-refractivity contribution < 1.29 is 44.9 Å². The Hall–Kier alpha value is -0.850. The Morgan fingerprint density at radius 3 is 1.13 bits per heavy atom. The van der Waals surface area contributed by atoms with Crippen molar-refractivity contribution in [3.05, 3.63) is 0 Å². The minimum absolute atomic E-state index is 0.250. The average molecular weight is 900 g/mol. The number of aliphatic hydroxyl groups is 6. The van der Waals surface area contributed by atoms with Crippen LogP contribution < -0.4 is 5.32 Å². The molecule has 0 aliphatic carbocycles. The molecular weight excluding hydrogens is 795 g/mol. The highest BCUT2D eigenvalue weighted by Crippen LogP contribution is 2.23. The van der Waals surface area contributed by atoms with Crippen LogP contribution in [0.1, 0.15) is 271 Å². The summed E-state index contributed by atoms with van der Waals surface area (Å²) in [5, 5.41) is 65.1. The summed E-state index contributed by atoms with van der Waals surface area (Å²) in [5.74, 6) is -0.577. The minimum atomic E-state index is -1.59. The van der Waals surface area contributed by atoms with Crippen molar-refractivity contribution in [1.82, 2.24) is 5.32 Å². The van der Waals surface area contributed by atoms with E-state index in [1.54, 1.807) is 0 Å². The summed E-state index contributed by atoms with van der Waals surface area (Å²) < 4.78 is 11.2. The zero-order chi connectivity index (χ0) is 46.0. The summed E-state index contributed by atoms with van der Waals surface area (Å²) in [4.78, 5) is 13.1. The van der Waals surface area contributed by atoms with E-state index in [4.69, 9.17) is 9.47 Å². The molecule has 63 heavy (non-hydrogen) atoms. The highest BCUT2D eigenvalue weighted by Gasteiger charge is 2.44. The molecule has 8 atom stereocenters. The molecule has 0 aromatic carbocycles. The van der Waals surface area contributed by atoms with Gasteiger partial charge in [0.2, 0.25) is 5.91 Å². The summed E-state index contributed by atoms with van der Waals surface area (Å²) in [6.07, 6.45) is 40.2. The van der Waals surface area contributed by atoms with Gasteiger partial charge in [0.05, 0.1) is 25.4 Å². The molecule has 10 nitrogen and oxygen atoms in total. The van der Waals surface area contributed by atoms with Gasteiger partial charge in [0.1, 0.15) is 30.5 Å². The van der Waals surface area contributed by atoms with Gasteiger partial charge in [-0.25, -0.2) is 0 Å². The molecule has 1 saturated heterocycles. The molecule has 1 rings (SSSR count). The maximum absolute atomic E-state index is 13.1. The molecule has 0 saturated carbocycles. The van der Waals surface area contributed by atoms with Crippen molar-refractivity contribution in [2.45, 2.75) is 320 Å². The number of nitrogens with one attached hydrogen (secondary N) is 1. The summed E-state index contributed by atoms with van der Waals surface area (Å²) in [6.45, 7) is 3.70. The fraction of sp³-hybridized carbons (Fsp3) is 0.981. The maximum Gasteiger partial charge on any atom is 0.249 e. The van der Waals surface area contributed by atoms with E-state index in [1.165, 1.54) is 205 Å². The van der Waals surface area contributed by atoms with E-state index in [0.29, 0.717) is 12.8 Å². The van der Waals surface area contributed by atoms with E-state index in [2.05, 4.69) is 19.2 Å². The fourth-order valence-electron chi connectivity index (χ4n) is 9.11. The van der Waals surface area contributed by atoms with Crippen LogP contribution in [0.5, 0.6) is 0 Å². The lowest BCUT2D eigenvalue weighted by Crippen LogP contribution is -2.60. The van der Waals surface area contributed by atoms with Gasteiger partial charge in [-0.2, -0.15) is 0 Å². The van der Waals surface area contributed by atoms with Crippen LogP contribution in [0.15, 0.2) is 0 Å². The van der Waals surface area contributed by atoms with Gasteiger partial charge in [-0.05, 0) is 12.8 Å². The third-order valence-electron chi connectivity index (χ3n) is 13.6. The number of ether oxygens (including phenoxy) is 2. The molecule has 1 heterocycles.